The van der Waals surface area contributed by atoms with Gasteiger partial charge >= 0.3 is 5.97 Å². The van der Waals surface area contributed by atoms with E-state index in [-0.39, 0.29) is 24.5 Å². The lowest BCUT2D eigenvalue weighted by Crippen LogP contribution is -2.54. The summed E-state index contributed by atoms with van der Waals surface area (Å²) in [5, 5.41) is 11.9. The van der Waals surface area contributed by atoms with Gasteiger partial charge in [-0.25, -0.2) is 0 Å². The van der Waals surface area contributed by atoms with Crippen molar-refractivity contribution in [1.82, 2.24) is 14.6 Å². The molecule has 0 spiro atoms. The number of fused-ring (bicyclic) bond motifs is 1. The van der Waals surface area contributed by atoms with E-state index in [4.69, 9.17) is 5.11 Å². The highest BCUT2D eigenvalue weighted by atomic mass is 16.4. The lowest BCUT2D eigenvalue weighted by atomic mass is 9.85. The standard InChI is InChI=1S/C17H21N3O3/c1-2-19(11-16(21)22)15-8-13(9-15)18-17(23)12-7-14-5-3-4-6-20(14)10-12/h3-7,10,13,15H,2,8-9,11H2,1H3,(H,18,23)(H,21,22). The summed E-state index contributed by atoms with van der Waals surface area (Å²) in [4.78, 5) is 25.1. The van der Waals surface area contributed by atoms with E-state index in [2.05, 4.69) is 5.32 Å². The van der Waals surface area contributed by atoms with Crippen LogP contribution in [-0.2, 0) is 4.79 Å². The van der Waals surface area contributed by atoms with Crippen LogP contribution in [0.25, 0.3) is 5.52 Å². The van der Waals surface area contributed by atoms with Crippen molar-refractivity contribution >= 4 is 17.4 Å². The molecule has 0 atom stereocenters. The van der Waals surface area contributed by atoms with E-state index in [9.17, 15) is 9.59 Å². The molecule has 6 nitrogen and oxygen atoms in total. The summed E-state index contributed by atoms with van der Waals surface area (Å²) >= 11 is 0. The molecule has 2 heterocycles. The Balaban J connectivity index is 1.55. The first-order chi connectivity index (χ1) is 11.1. The molecular formula is C17H21N3O3. The number of carboxylic acids is 1. The molecule has 122 valence electrons. The van der Waals surface area contributed by atoms with Gasteiger partial charge in [-0.1, -0.05) is 13.0 Å². The van der Waals surface area contributed by atoms with Crippen LogP contribution in [0.3, 0.4) is 0 Å². The van der Waals surface area contributed by atoms with Gasteiger partial charge in [0.1, 0.15) is 0 Å². The zero-order chi connectivity index (χ0) is 16.4. The zero-order valence-electron chi connectivity index (χ0n) is 13.1. The molecule has 0 unspecified atom stereocenters. The van der Waals surface area contributed by atoms with Gasteiger partial charge in [0.15, 0.2) is 0 Å². The number of aromatic nitrogens is 1. The smallest absolute Gasteiger partial charge is 0.317 e. The molecule has 2 N–H and O–H groups in total. The van der Waals surface area contributed by atoms with Crippen LogP contribution >= 0.6 is 0 Å². The molecule has 23 heavy (non-hydrogen) atoms. The van der Waals surface area contributed by atoms with E-state index in [1.807, 2.05) is 52.9 Å². The van der Waals surface area contributed by atoms with Crippen LogP contribution in [0.5, 0.6) is 0 Å². The quantitative estimate of drug-likeness (QED) is 0.849. The number of aliphatic carboxylic acids is 1. The summed E-state index contributed by atoms with van der Waals surface area (Å²) in [7, 11) is 0. The number of carbonyl (C=O) groups excluding carboxylic acids is 1. The van der Waals surface area contributed by atoms with Crippen molar-refractivity contribution < 1.29 is 14.7 Å². The monoisotopic (exact) mass is 315 g/mol. The second kappa shape index (κ2) is 6.42. The first kappa shape index (κ1) is 15.6. The highest BCUT2D eigenvalue weighted by molar-refractivity contribution is 5.95. The molecule has 1 fully saturated rings. The Kier molecular flexibility index (Phi) is 4.34. The Morgan fingerprint density at radius 2 is 2.17 bits per heavy atom. The van der Waals surface area contributed by atoms with Crippen molar-refractivity contribution in [3.63, 3.8) is 0 Å². The Labute approximate surface area is 134 Å². The average Bonchev–Trinajstić information content (AvgIpc) is 2.92. The number of rotatable bonds is 6. The molecule has 0 radical (unpaired) electrons. The van der Waals surface area contributed by atoms with Crippen molar-refractivity contribution in [1.29, 1.82) is 0 Å². The van der Waals surface area contributed by atoms with Crippen molar-refractivity contribution in [3.05, 3.63) is 42.2 Å². The minimum atomic E-state index is -0.806. The van der Waals surface area contributed by atoms with Crippen LogP contribution < -0.4 is 5.32 Å². The predicted molar refractivity (Wildman–Crippen MR) is 86.6 cm³/mol. The summed E-state index contributed by atoms with van der Waals surface area (Å²) in [5.41, 5.74) is 1.64. The number of hydrogen-bond donors (Lipinski definition) is 2. The number of hydrogen-bond acceptors (Lipinski definition) is 3. The molecule has 2 aromatic rings. The maximum Gasteiger partial charge on any atom is 0.317 e. The second-order valence-corrected chi connectivity index (χ2v) is 6.01. The van der Waals surface area contributed by atoms with E-state index < -0.39 is 5.97 Å². The molecule has 3 rings (SSSR count). The normalized spacial score (nSPS) is 20.4. The molecular weight excluding hydrogens is 294 g/mol. The molecule has 0 bridgehead atoms. The molecule has 1 amide bonds. The van der Waals surface area contributed by atoms with E-state index >= 15 is 0 Å². The van der Waals surface area contributed by atoms with Crippen LogP contribution in [0.4, 0.5) is 0 Å². The first-order valence-electron chi connectivity index (χ1n) is 7.90. The van der Waals surface area contributed by atoms with Crippen LogP contribution in [0.2, 0.25) is 0 Å². The van der Waals surface area contributed by atoms with Crippen molar-refractivity contribution in [3.8, 4) is 0 Å². The Hall–Kier alpha value is -2.34. The highest BCUT2D eigenvalue weighted by Crippen LogP contribution is 2.26. The average molecular weight is 315 g/mol. The van der Waals surface area contributed by atoms with Crippen LogP contribution in [0, 0.1) is 0 Å². The van der Waals surface area contributed by atoms with E-state index in [1.54, 1.807) is 0 Å². The third-order valence-corrected chi connectivity index (χ3v) is 4.48. The van der Waals surface area contributed by atoms with Gasteiger partial charge in [0.25, 0.3) is 5.91 Å². The first-order valence-corrected chi connectivity index (χ1v) is 7.90. The van der Waals surface area contributed by atoms with Gasteiger partial charge in [-0.05, 0) is 37.6 Å². The predicted octanol–water partition coefficient (Wildman–Crippen LogP) is 1.61. The molecule has 0 aromatic carbocycles. The number of nitrogens with zero attached hydrogens (tertiary/aromatic N) is 2. The minimum absolute atomic E-state index is 0.0622. The third-order valence-electron chi connectivity index (χ3n) is 4.48. The van der Waals surface area contributed by atoms with E-state index in [0.29, 0.717) is 12.1 Å². The summed E-state index contributed by atoms with van der Waals surface area (Å²) < 4.78 is 1.92. The van der Waals surface area contributed by atoms with Gasteiger partial charge in [0.05, 0.1) is 12.1 Å². The Morgan fingerprint density at radius 3 is 2.83 bits per heavy atom. The largest absolute Gasteiger partial charge is 0.480 e. The summed E-state index contributed by atoms with van der Waals surface area (Å²) in [6, 6.07) is 8.06. The summed E-state index contributed by atoms with van der Waals surface area (Å²) in [5.74, 6) is -0.877. The Bertz CT molecular complexity index is 686. The van der Waals surface area contributed by atoms with Gasteiger partial charge in [-0.3, -0.25) is 14.5 Å². The lowest BCUT2D eigenvalue weighted by molar-refractivity contribution is -0.139. The molecule has 1 saturated carbocycles. The van der Waals surface area contributed by atoms with Crippen molar-refractivity contribution in [2.24, 2.45) is 0 Å². The fourth-order valence-electron chi connectivity index (χ4n) is 3.12. The van der Waals surface area contributed by atoms with Gasteiger partial charge in [-0.2, -0.15) is 0 Å². The van der Waals surface area contributed by atoms with E-state index in [0.717, 1.165) is 18.4 Å². The van der Waals surface area contributed by atoms with Crippen LogP contribution in [0.15, 0.2) is 36.7 Å². The second-order valence-electron chi connectivity index (χ2n) is 6.01. The number of carboxylic acid groups (broad SMARTS) is 1. The summed E-state index contributed by atoms with van der Waals surface area (Å²) in [6.07, 6.45) is 5.35. The van der Waals surface area contributed by atoms with Crippen LogP contribution in [0.1, 0.15) is 30.1 Å². The molecule has 0 saturated heterocycles. The number of likely N-dealkylation sites (N-methyl/N-ethyl adjacent to an activating group) is 1. The number of amides is 1. The maximum absolute atomic E-state index is 12.3. The fourth-order valence-corrected chi connectivity index (χ4v) is 3.12. The molecule has 1 aliphatic carbocycles. The van der Waals surface area contributed by atoms with Gasteiger partial charge in [0.2, 0.25) is 0 Å². The van der Waals surface area contributed by atoms with Crippen molar-refractivity contribution in [2.75, 3.05) is 13.1 Å². The zero-order valence-corrected chi connectivity index (χ0v) is 13.1. The molecule has 1 aliphatic rings. The number of carbonyl (C=O) groups is 2. The maximum atomic E-state index is 12.3. The SMILES string of the molecule is CCN(CC(=O)O)C1CC(NC(=O)c2cc3ccccn3c2)C1. The number of nitrogens with one attached hydrogen (secondary N) is 1. The third kappa shape index (κ3) is 3.37. The lowest BCUT2D eigenvalue weighted by Gasteiger charge is -2.42. The molecule has 2 aromatic heterocycles. The minimum Gasteiger partial charge on any atom is -0.480 e. The summed E-state index contributed by atoms with van der Waals surface area (Å²) in [6.45, 7) is 2.73. The highest BCUT2D eigenvalue weighted by Gasteiger charge is 2.34. The van der Waals surface area contributed by atoms with E-state index in [1.165, 1.54) is 0 Å². The van der Waals surface area contributed by atoms with Gasteiger partial charge in [0, 0.05) is 30.0 Å². The van der Waals surface area contributed by atoms with Gasteiger partial charge < -0.3 is 14.8 Å². The van der Waals surface area contributed by atoms with Crippen molar-refractivity contribution in [2.45, 2.75) is 31.8 Å². The number of pyridine rings is 1. The molecule has 6 heteroatoms. The topological polar surface area (TPSA) is 74.1 Å². The fraction of sp³-hybridized carbons (Fsp3) is 0.412. The Morgan fingerprint density at radius 1 is 1.39 bits per heavy atom. The van der Waals surface area contributed by atoms with Gasteiger partial charge in [-0.15, -0.1) is 0 Å². The molecule has 0 aliphatic heterocycles. The van der Waals surface area contributed by atoms with Crippen LogP contribution in [-0.4, -0.2) is 51.5 Å².